The molecule has 0 aromatic heterocycles. The van der Waals surface area contributed by atoms with E-state index in [0.29, 0.717) is 12.1 Å². The van der Waals surface area contributed by atoms with Gasteiger partial charge in [0, 0.05) is 12.1 Å². The van der Waals surface area contributed by atoms with Crippen LogP contribution in [0.1, 0.15) is 62.8 Å². The first-order valence-electron chi connectivity index (χ1n) is 7.82. The summed E-state index contributed by atoms with van der Waals surface area (Å²) in [7, 11) is 0. The molecule has 0 radical (unpaired) electrons. The van der Waals surface area contributed by atoms with Crippen molar-refractivity contribution in [2.75, 3.05) is 0 Å². The number of hydrogen-bond acceptors (Lipinski definition) is 1. The Bertz CT molecular complexity index is 414. The molecule has 1 heteroatoms. The third kappa shape index (κ3) is 3.39. The summed E-state index contributed by atoms with van der Waals surface area (Å²) in [6.07, 6.45) is 4.15. The summed E-state index contributed by atoms with van der Waals surface area (Å²) in [5.74, 6) is 1.61. The van der Waals surface area contributed by atoms with Crippen molar-refractivity contribution in [2.24, 2.45) is 11.8 Å². The van der Waals surface area contributed by atoms with Crippen molar-refractivity contribution < 1.29 is 0 Å². The predicted molar refractivity (Wildman–Crippen MR) is 83.4 cm³/mol. The van der Waals surface area contributed by atoms with Crippen LogP contribution in [0, 0.1) is 25.7 Å². The second-order valence-corrected chi connectivity index (χ2v) is 6.66. The second-order valence-electron chi connectivity index (χ2n) is 6.66. The van der Waals surface area contributed by atoms with Gasteiger partial charge in [-0.05, 0) is 56.6 Å². The Labute approximate surface area is 118 Å². The molecule has 0 aliphatic heterocycles. The third-order valence-electron chi connectivity index (χ3n) is 4.88. The molecular weight excluding hydrogens is 230 g/mol. The van der Waals surface area contributed by atoms with Gasteiger partial charge >= 0.3 is 0 Å². The lowest BCUT2D eigenvalue weighted by atomic mass is 9.78. The minimum absolute atomic E-state index is 0.452. The highest BCUT2D eigenvalue weighted by Gasteiger charge is 2.28. The molecule has 3 unspecified atom stereocenters. The number of hydrogen-bond donors (Lipinski definition) is 1. The zero-order chi connectivity index (χ0) is 14.0. The zero-order valence-corrected chi connectivity index (χ0v) is 13.2. The zero-order valence-electron chi connectivity index (χ0n) is 13.2. The van der Waals surface area contributed by atoms with Gasteiger partial charge in [0.05, 0.1) is 0 Å². The van der Waals surface area contributed by atoms with Gasteiger partial charge in [-0.1, -0.05) is 44.0 Å². The quantitative estimate of drug-likeness (QED) is 0.824. The van der Waals surface area contributed by atoms with Gasteiger partial charge in [0.25, 0.3) is 0 Å². The van der Waals surface area contributed by atoms with Gasteiger partial charge in [0.15, 0.2) is 0 Å². The SMILES string of the molecule is Cc1ccc(C(C)NC2C(C)CCCC2C)c(C)c1. The second kappa shape index (κ2) is 6.09. The van der Waals surface area contributed by atoms with Crippen LogP contribution in [0.4, 0.5) is 0 Å². The Kier molecular flexibility index (Phi) is 4.67. The van der Waals surface area contributed by atoms with E-state index < -0.39 is 0 Å². The van der Waals surface area contributed by atoms with Gasteiger partial charge in [-0.3, -0.25) is 0 Å². The van der Waals surface area contributed by atoms with Crippen LogP contribution >= 0.6 is 0 Å². The van der Waals surface area contributed by atoms with Crippen LogP contribution in [0.2, 0.25) is 0 Å². The summed E-state index contributed by atoms with van der Waals surface area (Å²) in [6, 6.07) is 7.94. The van der Waals surface area contributed by atoms with E-state index in [1.165, 1.54) is 36.0 Å². The van der Waals surface area contributed by atoms with E-state index in [2.05, 4.69) is 58.1 Å². The first kappa shape index (κ1) is 14.6. The van der Waals surface area contributed by atoms with Crippen molar-refractivity contribution in [1.82, 2.24) is 5.32 Å². The molecule has 0 bridgehead atoms. The molecule has 106 valence electrons. The monoisotopic (exact) mass is 259 g/mol. The van der Waals surface area contributed by atoms with E-state index in [1.807, 2.05) is 0 Å². The smallest absolute Gasteiger partial charge is 0.0297 e. The molecule has 1 aromatic rings. The molecule has 1 aliphatic rings. The summed E-state index contributed by atoms with van der Waals surface area (Å²) in [4.78, 5) is 0. The number of aryl methyl sites for hydroxylation is 2. The Hall–Kier alpha value is -0.820. The van der Waals surface area contributed by atoms with Crippen LogP contribution in [0.3, 0.4) is 0 Å². The highest BCUT2D eigenvalue weighted by molar-refractivity contribution is 5.32. The lowest BCUT2D eigenvalue weighted by Gasteiger charge is -2.37. The van der Waals surface area contributed by atoms with Crippen LogP contribution in [-0.4, -0.2) is 6.04 Å². The van der Waals surface area contributed by atoms with Crippen molar-refractivity contribution in [2.45, 2.75) is 66.0 Å². The minimum atomic E-state index is 0.452. The molecule has 0 heterocycles. The van der Waals surface area contributed by atoms with Gasteiger partial charge in [-0.25, -0.2) is 0 Å². The standard InChI is InChI=1S/C18H29N/c1-12-9-10-17(15(4)11-12)16(5)19-18-13(2)7-6-8-14(18)3/h9-11,13-14,16,18-19H,6-8H2,1-5H3. The lowest BCUT2D eigenvalue weighted by molar-refractivity contribution is 0.196. The molecule has 2 rings (SSSR count). The Morgan fingerprint density at radius 2 is 1.74 bits per heavy atom. The maximum atomic E-state index is 3.89. The maximum Gasteiger partial charge on any atom is 0.0297 e. The summed E-state index contributed by atoms with van der Waals surface area (Å²) in [6.45, 7) is 11.5. The van der Waals surface area contributed by atoms with E-state index in [0.717, 1.165) is 11.8 Å². The molecule has 3 atom stereocenters. The van der Waals surface area contributed by atoms with E-state index in [9.17, 15) is 0 Å². The van der Waals surface area contributed by atoms with Crippen molar-refractivity contribution in [3.8, 4) is 0 Å². The van der Waals surface area contributed by atoms with Crippen LogP contribution < -0.4 is 5.32 Å². The van der Waals surface area contributed by atoms with Crippen molar-refractivity contribution in [3.63, 3.8) is 0 Å². The third-order valence-corrected chi connectivity index (χ3v) is 4.88. The van der Waals surface area contributed by atoms with E-state index >= 15 is 0 Å². The molecule has 1 aromatic carbocycles. The van der Waals surface area contributed by atoms with Crippen molar-refractivity contribution in [3.05, 3.63) is 34.9 Å². The molecule has 1 fully saturated rings. The highest BCUT2D eigenvalue weighted by atomic mass is 15.0. The minimum Gasteiger partial charge on any atom is -0.307 e. The molecule has 1 saturated carbocycles. The molecular formula is C18H29N. The summed E-state index contributed by atoms with van der Waals surface area (Å²) < 4.78 is 0. The Balaban J connectivity index is 2.09. The summed E-state index contributed by atoms with van der Waals surface area (Å²) in [5, 5.41) is 3.89. The molecule has 1 nitrogen and oxygen atoms in total. The predicted octanol–water partition coefficient (Wildman–Crippen LogP) is 4.78. The van der Waals surface area contributed by atoms with Crippen LogP contribution in [0.5, 0.6) is 0 Å². The fourth-order valence-electron chi connectivity index (χ4n) is 3.70. The molecule has 0 amide bonds. The fraction of sp³-hybridized carbons (Fsp3) is 0.667. The number of nitrogens with one attached hydrogen (secondary N) is 1. The molecule has 19 heavy (non-hydrogen) atoms. The fourth-order valence-corrected chi connectivity index (χ4v) is 3.70. The molecule has 1 N–H and O–H groups in total. The largest absolute Gasteiger partial charge is 0.307 e. The van der Waals surface area contributed by atoms with Crippen LogP contribution in [-0.2, 0) is 0 Å². The van der Waals surface area contributed by atoms with Crippen LogP contribution in [0.15, 0.2) is 18.2 Å². The maximum absolute atomic E-state index is 3.89. The molecule has 0 spiro atoms. The first-order valence-corrected chi connectivity index (χ1v) is 7.82. The number of benzene rings is 1. The van der Waals surface area contributed by atoms with Crippen molar-refractivity contribution in [1.29, 1.82) is 0 Å². The van der Waals surface area contributed by atoms with Gasteiger partial charge in [0.1, 0.15) is 0 Å². The lowest BCUT2D eigenvalue weighted by Crippen LogP contribution is -2.44. The van der Waals surface area contributed by atoms with E-state index in [1.54, 1.807) is 0 Å². The van der Waals surface area contributed by atoms with Gasteiger partial charge in [-0.2, -0.15) is 0 Å². The Morgan fingerprint density at radius 1 is 1.11 bits per heavy atom. The van der Waals surface area contributed by atoms with Crippen molar-refractivity contribution >= 4 is 0 Å². The van der Waals surface area contributed by atoms with Crippen LogP contribution in [0.25, 0.3) is 0 Å². The normalized spacial score (nSPS) is 29.2. The molecule has 1 aliphatic carbocycles. The Morgan fingerprint density at radius 3 is 2.32 bits per heavy atom. The van der Waals surface area contributed by atoms with Gasteiger partial charge < -0.3 is 5.32 Å². The highest BCUT2D eigenvalue weighted by Crippen LogP contribution is 2.31. The first-order chi connectivity index (χ1) is 8.99. The average Bonchev–Trinajstić information content (AvgIpc) is 2.33. The van der Waals surface area contributed by atoms with E-state index in [4.69, 9.17) is 0 Å². The average molecular weight is 259 g/mol. The summed E-state index contributed by atoms with van der Waals surface area (Å²) >= 11 is 0. The van der Waals surface area contributed by atoms with E-state index in [-0.39, 0.29) is 0 Å². The van der Waals surface area contributed by atoms with Gasteiger partial charge in [-0.15, -0.1) is 0 Å². The van der Waals surface area contributed by atoms with Gasteiger partial charge in [0.2, 0.25) is 0 Å². The summed E-state index contributed by atoms with van der Waals surface area (Å²) in [5.41, 5.74) is 4.22. The topological polar surface area (TPSA) is 12.0 Å². The molecule has 0 saturated heterocycles. The number of rotatable bonds is 3.